The van der Waals surface area contributed by atoms with Gasteiger partial charge in [-0.15, -0.1) is 0 Å². The maximum Gasteiger partial charge on any atom is 0.144 e. The van der Waals surface area contributed by atoms with Crippen molar-refractivity contribution in [2.75, 3.05) is 7.11 Å². The summed E-state index contributed by atoms with van der Waals surface area (Å²) in [5, 5.41) is 0. The highest BCUT2D eigenvalue weighted by Crippen LogP contribution is 2.61. The fraction of sp³-hybridized carbons (Fsp3) is 0.682. The van der Waals surface area contributed by atoms with Crippen molar-refractivity contribution in [1.82, 2.24) is 0 Å². The third-order valence-corrected chi connectivity index (χ3v) is 7.54. The number of fused-ring (bicyclic) bond motifs is 5. The minimum absolute atomic E-state index is 0.0904. The van der Waals surface area contributed by atoms with E-state index in [9.17, 15) is 4.79 Å². The number of hydrogen-bond acceptors (Lipinski definition) is 2. The standard InChI is InChI=1S/C22H30O2/c1-21(2)11-10-19-18-7-5-14-13-15(24-4)6-8-16(14)17(18)9-12-22(19,3)20(21)23/h6,8,13,17-19H,5,7,9-12H2,1-4H3/t17-,18+,19+,22+/m1/s1. The second-order valence-corrected chi connectivity index (χ2v) is 9.19. The van der Waals surface area contributed by atoms with Gasteiger partial charge in [-0.25, -0.2) is 0 Å². The number of rotatable bonds is 1. The largest absolute Gasteiger partial charge is 0.497 e. The highest BCUT2D eigenvalue weighted by atomic mass is 16.5. The zero-order valence-electron chi connectivity index (χ0n) is 15.5. The number of ketones is 1. The van der Waals surface area contributed by atoms with Crippen LogP contribution >= 0.6 is 0 Å². The van der Waals surface area contributed by atoms with E-state index in [-0.39, 0.29) is 10.8 Å². The topological polar surface area (TPSA) is 26.3 Å². The van der Waals surface area contributed by atoms with Crippen molar-refractivity contribution in [2.24, 2.45) is 22.7 Å². The Morgan fingerprint density at radius 3 is 2.62 bits per heavy atom. The number of hydrogen-bond donors (Lipinski definition) is 0. The summed E-state index contributed by atoms with van der Waals surface area (Å²) in [5.74, 6) is 3.41. The molecule has 1 aromatic rings. The zero-order chi connectivity index (χ0) is 17.1. The molecule has 24 heavy (non-hydrogen) atoms. The molecule has 4 rings (SSSR count). The summed E-state index contributed by atoms with van der Waals surface area (Å²) in [6.45, 7) is 6.59. The number of Topliss-reactive ketones (excluding diaryl/α,β-unsaturated/α-hetero) is 1. The molecule has 3 aliphatic carbocycles. The quantitative estimate of drug-likeness (QED) is 0.713. The molecule has 0 amide bonds. The van der Waals surface area contributed by atoms with Gasteiger partial charge in [0, 0.05) is 10.8 Å². The third-order valence-electron chi connectivity index (χ3n) is 7.54. The summed E-state index contributed by atoms with van der Waals surface area (Å²) in [6.07, 6.45) is 6.88. The first-order valence-electron chi connectivity index (χ1n) is 9.58. The van der Waals surface area contributed by atoms with Gasteiger partial charge in [-0.1, -0.05) is 26.8 Å². The maximum absolute atomic E-state index is 13.2. The monoisotopic (exact) mass is 326 g/mol. The Bertz CT molecular complexity index is 675. The summed E-state index contributed by atoms with van der Waals surface area (Å²) in [7, 11) is 1.74. The lowest BCUT2D eigenvalue weighted by molar-refractivity contribution is -0.152. The van der Waals surface area contributed by atoms with Crippen LogP contribution in [0.15, 0.2) is 18.2 Å². The average molecular weight is 326 g/mol. The van der Waals surface area contributed by atoms with Gasteiger partial charge in [0.2, 0.25) is 0 Å². The molecular formula is C22H30O2. The molecule has 0 bridgehead atoms. The van der Waals surface area contributed by atoms with E-state index in [2.05, 4.69) is 39.0 Å². The molecule has 0 heterocycles. The highest BCUT2D eigenvalue weighted by molar-refractivity contribution is 5.90. The van der Waals surface area contributed by atoms with E-state index < -0.39 is 0 Å². The SMILES string of the molecule is COc1ccc2c(c1)CC[C@H]1[C@@H]2CC[C@]2(C)C(=O)C(C)(C)CC[C@@H]12. The second-order valence-electron chi connectivity index (χ2n) is 9.19. The predicted octanol–water partition coefficient (Wildman–Crippen LogP) is 5.15. The summed E-state index contributed by atoms with van der Waals surface area (Å²) in [5.41, 5.74) is 2.79. The van der Waals surface area contributed by atoms with Crippen molar-refractivity contribution in [1.29, 1.82) is 0 Å². The van der Waals surface area contributed by atoms with Crippen LogP contribution in [0.3, 0.4) is 0 Å². The van der Waals surface area contributed by atoms with Gasteiger partial charge in [0.25, 0.3) is 0 Å². The molecule has 0 radical (unpaired) electrons. The zero-order valence-corrected chi connectivity index (χ0v) is 15.5. The van der Waals surface area contributed by atoms with E-state index in [0.717, 1.165) is 25.0 Å². The number of methoxy groups -OCH3 is 1. The van der Waals surface area contributed by atoms with Crippen LogP contribution in [0.1, 0.15) is 69.9 Å². The van der Waals surface area contributed by atoms with Crippen molar-refractivity contribution in [3.63, 3.8) is 0 Å². The highest BCUT2D eigenvalue weighted by Gasteiger charge is 2.57. The second kappa shape index (κ2) is 5.34. The minimum Gasteiger partial charge on any atom is -0.497 e. The fourth-order valence-corrected chi connectivity index (χ4v) is 6.22. The third kappa shape index (κ3) is 2.18. The van der Waals surface area contributed by atoms with Crippen molar-refractivity contribution in [3.8, 4) is 5.75 Å². The van der Waals surface area contributed by atoms with Crippen molar-refractivity contribution < 1.29 is 9.53 Å². The molecule has 0 aliphatic heterocycles. The van der Waals surface area contributed by atoms with E-state index in [1.807, 2.05) is 0 Å². The molecule has 3 aliphatic rings. The summed E-state index contributed by atoms with van der Waals surface area (Å²) in [4.78, 5) is 13.2. The minimum atomic E-state index is -0.127. The van der Waals surface area contributed by atoms with Gasteiger partial charge in [-0.3, -0.25) is 4.79 Å². The Balaban J connectivity index is 1.68. The molecule has 0 unspecified atom stereocenters. The first-order chi connectivity index (χ1) is 11.4. The van der Waals surface area contributed by atoms with Crippen LogP contribution in [0.25, 0.3) is 0 Å². The molecule has 2 fully saturated rings. The first-order valence-corrected chi connectivity index (χ1v) is 9.58. The van der Waals surface area contributed by atoms with Crippen LogP contribution in [0.2, 0.25) is 0 Å². The van der Waals surface area contributed by atoms with Gasteiger partial charge in [-0.2, -0.15) is 0 Å². The normalized spacial score (nSPS) is 37.2. The molecule has 0 spiro atoms. The van der Waals surface area contributed by atoms with E-state index in [1.54, 1.807) is 7.11 Å². The molecule has 4 atom stereocenters. The fourth-order valence-electron chi connectivity index (χ4n) is 6.22. The predicted molar refractivity (Wildman–Crippen MR) is 96.4 cm³/mol. The molecule has 130 valence electrons. The molecule has 0 aromatic heterocycles. The van der Waals surface area contributed by atoms with Gasteiger partial charge in [0.1, 0.15) is 11.5 Å². The lowest BCUT2D eigenvalue weighted by Crippen LogP contribution is -2.54. The maximum atomic E-state index is 13.2. The number of ether oxygens (including phenoxy) is 1. The van der Waals surface area contributed by atoms with E-state index in [1.165, 1.54) is 30.4 Å². The van der Waals surface area contributed by atoms with E-state index in [4.69, 9.17) is 4.74 Å². The Morgan fingerprint density at radius 2 is 1.88 bits per heavy atom. The van der Waals surface area contributed by atoms with Gasteiger partial charge in [0.15, 0.2) is 0 Å². The molecule has 2 heteroatoms. The first kappa shape index (κ1) is 16.2. The lowest BCUT2D eigenvalue weighted by atomic mass is 9.47. The number of aryl methyl sites for hydroxylation is 1. The van der Waals surface area contributed by atoms with E-state index in [0.29, 0.717) is 23.5 Å². The summed E-state index contributed by atoms with van der Waals surface area (Å²) >= 11 is 0. The molecule has 0 N–H and O–H groups in total. The van der Waals surface area contributed by atoms with Crippen molar-refractivity contribution in [3.05, 3.63) is 29.3 Å². The van der Waals surface area contributed by atoms with Crippen LogP contribution in [-0.4, -0.2) is 12.9 Å². The van der Waals surface area contributed by atoms with Crippen molar-refractivity contribution >= 4 is 5.78 Å². The molecule has 2 saturated carbocycles. The van der Waals surface area contributed by atoms with Crippen LogP contribution in [0.5, 0.6) is 5.75 Å². The molecule has 1 aromatic carbocycles. The smallest absolute Gasteiger partial charge is 0.144 e. The number of carbonyl (C=O) groups is 1. The van der Waals surface area contributed by atoms with Crippen molar-refractivity contribution in [2.45, 2.75) is 65.2 Å². The van der Waals surface area contributed by atoms with Gasteiger partial charge in [0.05, 0.1) is 7.11 Å². The Morgan fingerprint density at radius 1 is 1.08 bits per heavy atom. The lowest BCUT2D eigenvalue weighted by Gasteiger charge is -2.56. The van der Waals surface area contributed by atoms with Crippen LogP contribution in [0.4, 0.5) is 0 Å². The number of carbonyl (C=O) groups excluding carboxylic acids is 1. The van der Waals surface area contributed by atoms with Gasteiger partial charge in [-0.05, 0) is 79.5 Å². The van der Waals surface area contributed by atoms with Crippen LogP contribution < -0.4 is 4.74 Å². The van der Waals surface area contributed by atoms with Crippen LogP contribution in [0, 0.1) is 22.7 Å². The molecule has 2 nitrogen and oxygen atoms in total. The Hall–Kier alpha value is -1.31. The Kier molecular flexibility index (Phi) is 3.60. The Labute approximate surface area is 146 Å². The average Bonchev–Trinajstić information content (AvgIpc) is 2.58. The number of benzene rings is 1. The van der Waals surface area contributed by atoms with Gasteiger partial charge < -0.3 is 4.74 Å². The molecule has 0 saturated heterocycles. The van der Waals surface area contributed by atoms with Crippen LogP contribution in [-0.2, 0) is 11.2 Å². The summed E-state index contributed by atoms with van der Waals surface area (Å²) < 4.78 is 5.41. The summed E-state index contributed by atoms with van der Waals surface area (Å²) in [6, 6.07) is 6.64. The van der Waals surface area contributed by atoms with E-state index >= 15 is 0 Å². The van der Waals surface area contributed by atoms with Gasteiger partial charge >= 0.3 is 0 Å². The molecular weight excluding hydrogens is 296 g/mol.